The number of aryl methyl sites for hydroxylation is 2. The highest BCUT2D eigenvalue weighted by Crippen LogP contribution is 2.36. The largest absolute Gasteiger partial charge is 0.497 e. The van der Waals surface area contributed by atoms with Gasteiger partial charge in [-0.1, -0.05) is 29.8 Å². The number of nitrogens with one attached hydrogen (secondary N) is 2. The molecule has 0 aliphatic heterocycles. The van der Waals surface area contributed by atoms with E-state index in [2.05, 4.69) is 46.5 Å². The lowest BCUT2D eigenvalue weighted by atomic mass is 10.0. The number of aromatic amines is 1. The Morgan fingerprint density at radius 1 is 1.11 bits per heavy atom. The maximum absolute atomic E-state index is 6.17. The van der Waals surface area contributed by atoms with Crippen LogP contribution in [0.1, 0.15) is 11.1 Å². The van der Waals surface area contributed by atoms with Crippen LogP contribution in [0.15, 0.2) is 48.7 Å². The monoisotopic (exact) mass is 359 g/mol. The van der Waals surface area contributed by atoms with Crippen molar-refractivity contribution in [3.8, 4) is 16.9 Å². The lowest BCUT2D eigenvalue weighted by Gasteiger charge is -2.12. The van der Waals surface area contributed by atoms with Crippen LogP contribution >= 0.6 is 0 Å². The molecule has 0 aliphatic carbocycles. The van der Waals surface area contributed by atoms with Gasteiger partial charge in [0.1, 0.15) is 11.3 Å². The summed E-state index contributed by atoms with van der Waals surface area (Å²) in [6.45, 7) is 4.14. The molecule has 0 saturated carbocycles. The van der Waals surface area contributed by atoms with E-state index in [1.54, 1.807) is 7.11 Å². The van der Waals surface area contributed by atoms with E-state index < -0.39 is 0 Å². The summed E-state index contributed by atoms with van der Waals surface area (Å²) in [6, 6.07) is 14.1. The predicted molar refractivity (Wildman–Crippen MR) is 109 cm³/mol. The van der Waals surface area contributed by atoms with Crippen molar-refractivity contribution in [2.75, 3.05) is 18.2 Å². The van der Waals surface area contributed by atoms with E-state index in [1.807, 2.05) is 36.5 Å². The molecule has 6 heteroatoms. The van der Waals surface area contributed by atoms with Gasteiger partial charge in [0.2, 0.25) is 0 Å². The van der Waals surface area contributed by atoms with Crippen molar-refractivity contribution in [2.24, 2.45) is 0 Å². The first-order chi connectivity index (χ1) is 13.1. The topological polar surface area (TPSA) is 88.8 Å². The second-order valence-electron chi connectivity index (χ2n) is 6.55. The number of aromatic nitrogens is 3. The number of benzene rings is 2. The van der Waals surface area contributed by atoms with Crippen molar-refractivity contribution >= 4 is 28.2 Å². The summed E-state index contributed by atoms with van der Waals surface area (Å²) in [5, 5.41) is 11.5. The number of ether oxygens (including phenoxy) is 1. The van der Waals surface area contributed by atoms with Crippen molar-refractivity contribution in [2.45, 2.75) is 13.8 Å². The van der Waals surface area contributed by atoms with E-state index in [0.717, 1.165) is 39.0 Å². The first kappa shape index (κ1) is 16.9. The Morgan fingerprint density at radius 2 is 1.96 bits per heavy atom. The van der Waals surface area contributed by atoms with Crippen molar-refractivity contribution in [3.05, 3.63) is 59.8 Å². The lowest BCUT2D eigenvalue weighted by Crippen LogP contribution is -1.98. The van der Waals surface area contributed by atoms with Gasteiger partial charge < -0.3 is 15.8 Å². The SMILES string of the molecule is COc1cccc(-c2cnc(Nc3ccc(C)cc3C)c3[nH]nc(N)c23)c1. The minimum Gasteiger partial charge on any atom is -0.497 e. The van der Waals surface area contributed by atoms with Gasteiger partial charge in [0, 0.05) is 17.4 Å². The van der Waals surface area contributed by atoms with Gasteiger partial charge in [0.15, 0.2) is 11.6 Å². The van der Waals surface area contributed by atoms with Crippen LogP contribution in [0.5, 0.6) is 5.75 Å². The molecule has 0 spiro atoms. The minimum absolute atomic E-state index is 0.439. The highest BCUT2D eigenvalue weighted by molar-refractivity contribution is 6.06. The van der Waals surface area contributed by atoms with Crippen LogP contribution in [0.25, 0.3) is 22.0 Å². The van der Waals surface area contributed by atoms with Crippen LogP contribution in [0.3, 0.4) is 0 Å². The number of rotatable bonds is 4. The molecule has 6 nitrogen and oxygen atoms in total. The third kappa shape index (κ3) is 3.06. The van der Waals surface area contributed by atoms with Crippen LogP contribution in [0, 0.1) is 13.8 Å². The first-order valence-corrected chi connectivity index (χ1v) is 8.68. The summed E-state index contributed by atoms with van der Waals surface area (Å²) in [5.41, 5.74) is 12.2. The smallest absolute Gasteiger partial charge is 0.156 e. The number of anilines is 3. The summed E-state index contributed by atoms with van der Waals surface area (Å²) in [7, 11) is 1.65. The molecule has 4 N–H and O–H groups in total. The molecule has 27 heavy (non-hydrogen) atoms. The van der Waals surface area contributed by atoms with Gasteiger partial charge in [0.25, 0.3) is 0 Å². The van der Waals surface area contributed by atoms with E-state index in [-0.39, 0.29) is 0 Å². The number of fused-ring (bicyclic) bond motifs is 1. The molecule has 2 heterocycles. The van der Waals surface area contributed by atoms with Gasteiger partial charge in [-0.3, -0.25) is 5.10 Å². The standard InChI is InChI=1S/C21H21N5O/c1-12-7-8-17(13(2)9-12)24-21-19-18(20(22)26-25-19)16(11-23-21)14-5-4-6-15(10-14)27-3/h4-11H,1-3H3,(H,23,24)(H3,22,25,26). The average Bonchev–Trinajstić information content (AvgIpc) is 3.06. The van der Waals surface area contributed by atoms with E-state index in [0.29, 0.717) is 11.6 Å². The molecule has 0 aliphatic rings. The third-order valence-corrected chi connectivity index (χ3v) is 4.64. The molecule has 2 aromatic carbocycles. The molecule has 136 valence electrons. The molecular weight excluding hydrogens is 338 g/mol. The fraction of sp³-hybridized carbons (Fsp3) is 0.143. The Hall–Kier alpha value is -3.54. The van der Waals surface area contributed by atoms with Crippen molar-refractivity contribution in [3.63, 3.8) is 0 Å². The number of nitrogens with zero attached hydrogens (tertiary/aromatic N) is 2. The molecule has 2 aromatic heterocycles. The second-order valence-corrected chi connectivity index (χ2v) is 6.55. The molecule has 0 fully saturated rings. The van der Waals surface area contributed by atoms with Gasteiger partial charge >= 0.3 is 0 Å². The zero-order chi connectivity index (χ0) is 19.0. The number of pyridine rings is 1. The number of H-pyrrole nitrogens is 1. The van der Waals surface area contributed by atoms with Crippen LogP contribution < -0.4 is 15.8 Å². The number of hydrogen-bond acceptors (Lipinski definition) is 5. The molecule has 4 rings (SSSR count). The van der Waals surface area contributed by atoms with Gasteiger partial charge in [-0.05, 0) is 43.2 Å². The van der Waals surface area contributed by atoms with Crippen LogP contribution in [0.4, 0.5) is 17.3 Å². The van der Waals surface area contributed by atoms with Gasteiger partial charge in [-0.2, -0.15) is 5.10 Å². The Balaban J connectivity index is 1.83. The minimum atomic E-state index is 0.439. The lowest BCUT2D eigenvalue weighted by molar-refractivity contribution is 0.415. The maximum atomic E-state index is 6.17. The van der Waals surface area contributed by atoms with E-state index in [1.165, 1.54) is 5.56 Å². The molecule has 0 bridgehead atoms. The van der Waals surface area contributed by atoms with Crippen LogP contribution in [-0.4, -0.2) is 22.3 Å². The Kier molecular flexibility index (Phi) is 4.16. The van der Waals surface area contributed by atoms with E-state index in [9.17, 15) is 0 Å². The number of hydrogen-bond donors (Lipinski definition) is 3. The number of nitrogen functional groups attached to an aromatic ring is 1. The van der Waals surface area contributed by atoms with Crippen LogP contribution in [-0.2, 0) is 0 Å². The van der Waals surface area contributed by atoms with Gasteiger partial charge in [-0.15, -0.1) is 0 Å². The molecule has 0 atom stereocenters. The highest BCUT2D eigenvalue weighted by Gasteiger charge is 2.16. The quantitative estimate of drug-likeness (QED) is 0.496. The second kappa shape index (κ2) is 6.64. The molecule has 4 aromatic rings. The summed E-state index contributed by atoms with van der Waals surface area (Å²) in [4.78, 5) is 4.63. The molecule has 0 saturated heterocycles. The highest BCUT2D eigenvalue weighted by atomic mass is 16.5. The van der Waals surface area contributed by atoms with Crippen molar-refractivity contribution < 1.29 is 4.74 Å². The number of nitrogens with two attached hydrogens (primary N) is 1. The Morgan fingerprint density at radius 3 is 2.74 bits per heavy atom. The zero-order valence-electron chi connectivity index (χ0n) is 15.5. The molecule has 0 radical (unpaired) electrons. The molecule has 0 unspecified atom stereocenters. The molecular formula is C21H21N5O. The normalized spacial score (nSPS) is 10.9. The fourth-order valence-electron chi connectivity index (χ4n) is 3.24. The number of methoxy groups -OCH3 is 1. The summed E-state index contributed by atoms with van der Waals surface area (Å²) < 4.78 is 5.34. The predicted octanol–water partition coefficient (Wildman–Crippen LogP) is 4.58. The van der Waals surface area contributed by atoms with E-state index >= 15 is 0 Å². The Bertz CT molecular complexity index is 1130. The maximum Gasteiger partial charge on any atom is 0.156 e. The van der Waals surface area contributed by atoms with Crippen molar-refractivity contribution in [1.29, 1.82) is 0 Å². The average molecular weight is 359 g/mol. The third-order valence-electron chi connectivity index (χ3n) is 4.64. The zero-order valence-corrected chi connectivity index (χ0v) is 15.5. The molecule has 0 amide bonds. The fourth-order valence-corrected chi connectivity index (χ4v) is 3.24. The summed E-state index contributed by atoms with van der Waals surface area (Å²) >= 11 is 0. The van der Waals surface area contributed by atoms with Gasteiger partial charge in [0.05, 0.1) is 12.5 Å². The summed E-state index contributed by atoms with van der Waals surface area (Å²) in [6.07, 6.45) is 1.81. The van der Waals surface area contributed by atoms with Crippen LogP contribution in [0.2, 0.25) is 0 Å². The summed E-state index contributed by atoms with van der Waals surface area (Å²) in [5.74, 6) is 1.90. The van der Waals surface area contributed by atoms with Gasteiger partial charge in [-0.25, -0.2) is 4.98 Å². The first-order valence-electron chi connectivity index (χ1n) is 8.68. The van der Waals surface area contributed by atoms with E-state index in [4.69, 9.17) is 10.5 Å². The van der Waals surface area contributed by atoms with Crippen molar-refractivity contribution in [1.82, 2.24) is 15.2 Å². The Labute approximate surface area is 157 Å².